The van der Waals surface area contributed by atoms with Gasteiger partial charge in [-0.05, 0) is 11.6 Å². The molecule has 0 heterocycles. The molecule has 0 bridgehead atoms. The molecular formula is C23H18N2O. The average Bonchev–Trinajstić information content (AvgIpc) is 2.72. The minimum absolute atomic E-state index is 0.152. The van der Waals surface area contributed by atoms with Crippen LogP contribution in [0.25, 0.3) is 6.08 Å². The molecule has 0 radical (unpaired) electrons. The van der Waals surface area contributed by atoms with Crippen LogP contribution in [0, 0.1) is 0 Å². The third-order valence-corrected chi connectivity index (χ3v) is 3.70. The molecule has 3 aromatic carbocycles. The number of hydrogen-bond donors (Lipinski definition) is 0. The molecule has 26 heavy (non-hydrogen) atoms. The van der Waals surface area contributed by atoms with Gasteiger partial charge < -0.3 is 0 Å². The van der Waals surface area contributed by atoms with Gasteiger partial charge in [-0.2, -0.15) is 5.10 Å². The van der Waals surface area contributed by atoms with Gasteiger partial charge in [-0.25, -0.2) is 0 Å². The van der Waals surface area contributed by atoms with Crippen molar-refractivity contribution >= 4 is 23.8 Å². The third-order valence-electron chi connectivity index (χ3n) is 3.70. The molecule has 0 saturated carbocycles. The zero-order valence-electron chi connectivity index (χ0n) is 14.2. The van der Waals surface area contributed by atoms with Crippen LogP contribution in [-0.4, -0.2) is 17.7 Å². The van der Waals surface area contributed by atoms with E-state index in [2.05, 4.69) is 10.2 Å². The van der Waals surface area contributed by atoms with E-state index in [4.69, 9.17) is 0 Å². The Morgan fingerprint density at radius 3 is 1.85 bits per heavy atom. The Balaban J connectivity index is 1.84. The van der Waals surface area contributed by atoms with Crippen LogP contribution < -0.4 is 0 Å². The van der Waals surface area contributed by atoms with Crippen molar-refractivity contribution in [3.05, 3.63) is 114 Å². The van der Waals surface area contributed by atoms with Gasteiger partial charge >= 0.3 is 0 Å². The van der Waals surface area contributed by atoms with Gasteiger partial charge in [-0.1, -0.05) is 97.1 Å². The van der Waals surface area contributed by atoms with Crippen LogP contribution in [0.15, 0.2) is 107 Å². The largest absolute Gasteiger partial charge is 0.287 e. The predicted octanol–water partition coefficient (Wildman–Crippen LogP) is 5.06. The SMILES string of the molecule is O=C(\C(=N/N=C\C=C\c1ccccc1)c1ccccc1)c1ccccc1. The van der Waals surface area contributed by atoms with Crippen LogP contribution in [-0.2, 0) is 0 Å². The molecule has 0 saturated heterocycles. The molecule has 126 valence electrons. The number of ketones is 1. The first kappa shape index (κ1) is 17.2. The molecule has 0 aromatic heterocycles. The van der Waals surface area contributed by atoms with Gasteiger partial charge in [-0.3, -0.25) is 4.79 Å². The fourth-order valence-electron chi connectivity index (χ4n) is 2.40. The molecule has 0 atom stereocenters. The first-order valence-electron chi connectivity index (χ1n) is 8.32. The Morgan fingerprint density at radius 1 is 0.692 bits per heavy atom. The normalized spacial score (nSPS) is 11.9. The van der Waals surface area contributed by atoms with Gasteiger partial charge in [0, 0.05) is 17.3 Å². The molecule has 0 fully saturated rings. The minimum Gasteiger partial charge on any atom is -0.287 e. The summed E-state index contributed by atoms with van der Waals surface area (Å²) in [5.74, 6) is -0.152. The monoisotopic (exact) mass is 338 g/mol. The standard InChI is InChI=1S/C23H18N2O/c26-23(21-16-8-3-9-17-21)22(20-14-6-2-7-15-20)25-24-18-10-13-19-11-4-1-5-12-19/h1-18H/b13-10+,24-18-,25-22-. The van der Waals surface area contributed by atoms with Crippen molar-refractivity contribution < 1.29 is 4.79 Å². The average molecular weight is 338 g/mol. The molecule has 0 aliphatic heterocycles. The van der Waals surface area contributed by atoms with E-state index in [-0.39, 0.29) is 5.78 Å². The first-order chi connectivity index (χ1) is 12.8. The van der Waals surface area contributed by atoms with E-state index in [1.807, 2.05) is 84.9 Å². The molecule has 3 aromatic rings. The number of allylic oxidation sites excluding steroid dienone is 1. The molecule has 0 aliphatic carbocycles. The molecule has 0 unspecified atom stereocenters. The van der Waals surface area contributed by atoms with Gasteiger partial charge in [0.25, 0.3) is 0 Å². The maximum absolute atomic E-state index is 12.8. The predicted molar refractivity (Wildman–Crippen MR) is 108 cm³/mol. The van der Waals surface area contributed by atoms with Crippen LogP contribution in [0.5, 0.6) is 0 Å². The van der Waals surface area contributed by atoms with Crippen LogP contribution in [0.3, 0.4) is 0 Å². The topological polar surface area (TPSA) is 41.8 Å². The van der Waals surface area contributed by atoms with Crippen molar-refractivity contribution in [1.29, 1.82) is 0 Å². The van der Waals surface area contributed by atoms with E-state index in [0.29, 0.717) is 11.3 Å². The lowest BCUT2D eigenvalue weighted by atomic mass is 10.0. The van der Waals surface area contributed by atoms with E-state index in [9.17, 15) is 4.79 Å². The smallest absolute Gasteiger partial charge is 0.213 e. The van der Waals surface area contributed by atoms with Crippen LogP contribution in [0.2, 0.25) is 0 Å². The molecule has 3 rings (SSSR count). The van der Waals surface area contributed by atoms with Crippen LogP contribution in [0.4, 0.5) is 0 Å². The highest BCUT2D eigenvalue weighted by molar-refractivity contribution is 6.51. The number of nitrogens with zero attached hydrogens (tertiary/aromatic N) is 2. The molecule has 0 spiro atoms. The van der Waals surface area contributed by atoms with Crippen molar-refractivity contribution in [2.24, 2.45) is 10.2 Å². The fraction of sp³-hybridized carbons (Fsp3) is 0. The molecule has 0 N–H and O–H groups in total. The van der Waals surface area contributed by atoms with Gasteiger partial charge in [0.2, 0.25) is 5.78 Å². The van der Waals surface area contributed by atoms with Crippen LogP contribution >= 0.6 is 0 Å². The second-order valence-electron chi connectivity index (χ2n) is 5.54. The second kappa shape index (κ2) is 9.04. The summed E-state index contributed by atoms with van der Waals surface area (Å²) in [6.07, 6.45) is 5.31. The number of rotatable bonds is 6. The lowest BCUT2D eigenvalue weighted by Crippen LogP contribution is -2.15. The zero-order valence-corrected chi connectivity index (χ0v) is 14.2. The Morgan fingerprint density at radius 2 is 1.23 bits per heavy atom. The van der Waals surface area contributed by atoms with Gasteiger partial charge in [0.1, 0.15) is 5.71 Å². The zero-order chi connectivity index (χ0) is 18.0. The highest BCUT2D eigenvalue weighted by Crippen LogP contribution is 2.09. The van der Waals surface area contributed by atoms with Crippen molar-refractivity contribution in [2.45, 2.75) is 0 Å². The van der Waals surface area contributed by atoms with E-state index < -0.39 is 0 Å². The summed E-state index contributed by atoms with van der Waals surface area (Å²) < 4.78 is 0. The minimum atomic E-state index is -0.152. The summed E-state index contributed by atoms with van der Waals surface area (Å²) in [5.41, 5.74) is 2.73. The first-order valence-corrected chi connectivity index (χ1v) is 8.32. The van der Waals surface area contributed by atoms with E-state index in [0.717, 1.165) is 11.1 Å². The molecule has 3 heteroatoms. The Kier molecular flexibility index (Phi) is 5.99. The summed E-state index contributed by atoms with van der Waals surface area (Å²) in [5, 5.41) is 8.25. The van der Waals surface area contributed by atoms with Gasteiger partial charge in [0.05, 0.1) is 0 Å². The highest BCUT2D eigenvalue weighted by atomic mass is 16.1. The summed E-state index contributed by atoms with van der Waals surface area (Å²) >= 11 is 0. The van der Waals surface area contributed by atoms with Gasteiger partial charge in [-0.15, -0.1) is 5.10 Å². The number of Topliss-reactive ketones (excluding diaryl/α,β-unsaturated/α-hetero) is 1. The number of carbonyl (C=O) groups excluding carboxylic acids is 1. The summed E-state index contributed by atoms with van der Waals surface area (Å²) in [4.78, 5) is 12.8. The molecule has 0 amide bonds. The quantitative estimate of drug-likeness (QED) is 0.352. The molecular weight excluding hydrogens is 320 g/mol. The van der Waals surface area contributed by atoms with Crippen molar-refractivity contribution in [1.82, 2.24) is 0 Å². The second-order valence-corrected chi connectivity index (χ2v) is 5.54. The number of benzene rings is 3. The lowest BCUT2D eigenvalue weighted by molar-refractivity contribution is 0.106. The maximum Gasteiger partial charge on any atom is 0.213 e. The van der Waals surface area contributed by atoms with Crippen molar-refractivity contribution in [3.63, 3.8) is 0 Å². The summed E-state index contributed by atoms with van der Waals surface area (Å²) in [7, 11) is 0. The molecule has 0 aliphatic rings. The maximum atomic E-state index is 12.8. The van der Waals surface area contributed by atoms with E-state index in [1.165, 1.54) is 0 Å². The third kappa shape index (κ3) is 4.71. The van der Waals surface area contributed by atoms with E-state index >= 15 is 0 Å². The van der Waals surface area contributed by atoms with Crippen molar-refractivity contribution in [2.75, 3.05) is 0 Å². The fourth-order valence-corrected chi connectivity index (χ4v) is 2.40. The number of carbonyl (C=O) groups is 1. The van der Waals surface area contributed by atoms with Gasteiger partial charge in [0.15, 0.2) is 0 Å². The summed E-state index contributed by atoms with van der Waals surface area (Å²) in [6.45, 7) is 0. The van der Waals surface area contributed by atoms with Crippen molar-refractivity contribution in [3.8, 4) is 0 Å². The number of hydrogen-bond acceptors (Lipinski definition) is 3. The summed E-state index contributed by atoms with van der Waals surface area (Å²) in [6, 6.07) is 28.4. The molecule has 3 nitrogen and oxygen atoms in total. The Bertz CT molecular complexity index is 928. The Labute approximate surface area is 153 Å². The van der Waals surface area contributed by atoms with E-state index in [1.54, 1.807) is 24.4 Å². The highest BCUT2D eigenvalue weighted by Gasteiger charge is 2.15. The lowest BCUT2D eigenvalue weighted by Gasteiger charge is -2.04. The Hall–Kier alpha value is -3.59. The van der Waals surface area contributed by atoms with Crippen LogP contribution in [0.1, 0.15) is 21.5 Å².